The van der Waals surface area contributed by atoms with Crippen molar-refractivity contribution in [1.29, 1.82) is 0 Å². The van der Waals surface area contributed by atoms with Crippen LogP contribution in [0.2, 0.25) is 0 Å². The zero-order chi connectivity index (χ0) is 13.3. The summed E-state index contributed by atoms with van der Waals surface area (Å²) in [4.78, 5) is 28.1. The maximum absolute atomic E-state index is 12.3. The number of H-pyrrole nitrogens is 1. The molecule has 0 bridgehead atoms. The fourth-order valence-electron chi connectivity index (χ4n) is 3.55. The molecular weight excluding hydrogens is 240 g/mol. The van der Waals surface area contributed by atoms with Crippen molar-refractivity contribution < 1.29 is 4.79 Å². The first kappa shape index (κ1) is 12.5. The van der Waals surface area contributed by atoms with Crippen LogP contribution in [-0.2, 0) is 0 Å². The Kier molecular flexibility index (Phi) is 3.17. The largest absolute Gasteiger partial charge is 0.337 e. The van der Waals surface area contributed by atoms with E-state index in [4.69, 9.17) is 0 Å². The average Bonchev–Trinajstić information content (AvgIpc) is 2.87. The topological polar surface area (TPSA) is 53.2 Å². The molecule has 4 nitrogen and oxygen atoms in total. The van der Waals surface area contributed by atoms with Crippen LogP contribution in [0.1, 0.15) is 49.0 Å². The predicted octanol–water partition coefficient (Wildman–Crippen LogP) is 2.17. The summed E-state index contributed by atoms with van der Waals surface area (Å²) in [6.07, 6.45) is 7.60. The van der Waals surface area contributed by atoms with E-state index in [-0.39, 0.29) is 11.5 Å². The molecule has 2 aliphatic rings. The number of hydrogen-bond acceptors (Lipinski definition) is 2. The average molecular weight is 260 g/mol. The molecule has 2 fully saturated rings. The molecule has 0 atom stereocenters. The molecule has 102 valence electrons. The number of carbonyl (C=O) groups excluding carboxylic acids is 1. The van der Waals surface area contributed by atoms with Crippen molar-refractivity contribution in [2.45, 2.75) is 38.5 Å². The number of hydrogen-bond donors (Lipinski definition) is 1. The van der Waals surface area contributed by atoms with E-state index >= 15 is 0 Å². The predicted molar refractivity (Wildman–Crippen MR) is 73.1 cm³/mol. The molecule has 1 amide bonds. The second-order valence-electron chi connectivity index (χ2n) is 5.93. The van der Waals surface area contributed by atoms with E-state index in [9.17, 15) is 9.59 Å². The van der Waals surface area contributed by atoms with Gasteiger partial charge in [-0.2, -0.15) is 0 Å². The molecule has 0 aromatic carbocycles. The second kappa shape index (κ2) is 4.83. The van der Waals surface area contributed by atoms with Gasteiger partial charge < -0.3 is 9.88 Å². The minimum absolute atomic E-state index is 0.0365. The number of nitrogens with zero attached hydrogens (tertiary/aromatic N) is 1. The molecule has 0 radical (unpaired) electrons. The van der Waals surface area contributed by atoms with Crippen molar-refractivity contribution in [3.05, 3.63) is 34.2 Å². The van der Waals surface area contributed by atoms with Gasteiger partial charge in [-0.25, -0.2) is 0 Å². The summed E-state index contributed by atoms with van der Waals surface area (Å²) in [7, 11) is 0. The van der Waals surface area contributed by atoms with Crippen molar-refractivity contribution in [3.63, 3.8) is 0 Å². The van der Waals surface area contributed by atoms with Gasteiger partial charge in [0, 0.05) is 19.2 Å². The van der Waals surface area contributed by atoms with Gasteiger partial charge >= 0.3 is 0 Å². The van der Waals surface area contributed by atoms with E-state index < -0.39 is 0 Å². The number of amides is 1. The normalized spacial score (nSPS) is 21.8. The number of piperidine rings is 1. The molecule has 1 saturated heterocycles. The van der Waals surface area contributed by atoms with E-state index in [0.717, 1.165) is 25.9 Å². The van der Waals surface area contributed by atoms with Gasteiger partial charge in [-0.1, -0.05) is 18.9 Å². The summed E-state index contributed by atoms with van der Waals surface area (Å²) in [5, 5.41) is 0. The molecule has 1 aromatic heterocycles. The Morgan fingerprint density at radius 1 is 1.11 bits per heavy atom. The Morgan fingerprint density at radius 2 is 1.79 bits per heavy atom. The Bertz CT molecular complexity index is 519. The van der Waals surface area contributed by atoms with Crippen molar-refractivity contribution in [2.24, 2.45) is 5.41 Å². The van der Waals surface area contributed by atoms with E-state index in [1.807, 2.05) is 4.90 Å². The third-order valence-electron chi connectivity index (χ3n) is 4.77. The van der Waals surface area contributed by atoms with Crippen LogP contribution in [0.4, 0.5) is 0 Å². The number of likely N-dealkylation sites (tertiary alicyclic amines) is 1. The van der Waals surface area contributed by atoms with Crippen LogP contribution in [0.15, 0.2) is 23.0 Å². The Morgan fingerprint density at radius 3 is 2.42 bits per heavy atom. The molecule has 1 aromatic rings. The lowest BCUT2D eigenvalue weighted by molar-refractivity contribution is 0.0581. The Hall–Kier alpha value is -1.58. The van der Waals surface area contributed by atoms with E-state index in [1.165, 1.54) is 31.7 Å². The van der Waals surface area contributed by atoms with E-state index in [1.54, 1.807) is 12.1 Å². The highest BCUT2D eigenvalue weighted by atomic mass is 16.2. The number of pyridine rings is 1. The summed E-state index contributed by atoms with van der Waals surface area (Å²) in [5.41, 5.74) is 0.714. The van der Waals surface area contributed by atoms with Crippen LogP contribution < -0.4 is 5.56 Å². The van der Waals surface area contributed by atoms with Crippen LogP contribution in [0.5, 0.6) is 0 Å². The molecule has 0 unspecified atom stereocenters. The fraction of sp³-hybridized carbons (Fsp3) is 0.600. The molecule has 1 aliphatic heterocycles. The van der Waals surface area contributed by atoms with Gasteiger partial charge in [-0.05, 0) is 37.2 Å². The van der Waals surface area contributed by atoms with Crippen LogP contribution in [0, 0.1) is 5.41 Å². The summed E-state index contributed by atoms with van der Waals surface area (Å²) < 4.78 is 0. The van der Waals surface area contributed by atoms with Gasteiger partial charge in [0.25, 0.3) is 5.91 Å². The zero-order valence-corrected chi connectivity index (χ0v) is 11.2. The highest BCUT2D eigenvalue weighted by molar-refractivity contribution is 5.92. The monoisotopic (exact) mass is 260 g/mol. The van der Waals surface area contributed by atoms with E-state index in [2.05, 4.69) is 4.98 Å². The number of aromatic amines is 1. The first-order valence-electron chi connectivity index (χ1n) is 7.17. The molecule has 19 heavy (non-hydrogen) atoms. The molecule has 1 spiro atoms. The molecule has 1 N–H and O–H groups in total. The van der Waals surface area contributed by atoms with Gasteiger partial charge in [-0.3, -0.25) is 9.59 Å². The molecule has 2 heterocycles. The highest BCUT2D eigenvalue weighted by Crippen LogP contribution is 2.46. The third kappa shape index (κ3) is 2.44. The first-order valence-corrected chi connectivity index (χ1v) is 7.17. The summed E-state index contributed by atoms with van der Waals surface area (Å²) in [6.45, 7) is 1.66. The van der Waals surface area contributed by atoms with Gasteiger partial charge in [-0.15, -0.1) is 0 Å². The van der Waals surface area contributed by atoms with Crippen molar-refractivity contribution in [1.82, 2.24) is 9.88 Å². The van der Waals surface area contributed by atoms with Gasteiger partial charge in [0.2, 0.25) is 5.56 Å². The molecule has 3 rings (SSSR count). The van der Waals surface area contributed by atoms with Gasteiger partial charge in [0.1, 0.15) is 5.69 Å². The maximum atomic E-state index is 12.3. The van der Waals surface area contributed by atoms with Crippen LogP contribution in [0.3, 0.4) is 0 Å². The number of rotatable bonds is 1. The summed E-state index contributed by atoms with van der Waals surface area (Å²) in [5.74, 6) is -0.0365. The molecule has 1 saturated carbocycles. The number of nitrogens with one attached hydrogen (secondary N) is 1. The van der Waals surface area contributed by atoms with Crippen LogP contribution >= 0.6 is 0 Å². The molecule has 1 aliphatic carbocycles. The minimum Gasteiger partial charge on any atom is -0.337 e. The van der Waals surface area contributed by atoms with Crippen LogP contribution in [0.25, 0.3) is 0 Å². The number of carbonyl (C=O) groups is 1. The lowest BCUT2D eigenvalue weighted by Gasteiger charge is -2.39. The highest BCUT2D eigenvalue weighted by Gasteiger charge is 2.38. The fourth-order valence-corrected chi connectivity index (χ4v) is 3.55. The summed E-state index contributed by atoms with van der Waals surface area (Å²) in [6, 6.07) is 4.75. The molecule has 4 heteroatoms. The minimum atomic E-state index is -0.213. The maximum Gasteiger partial charge on any atom is 0.270 e. The van der Waals surface area contributed by atoms with Gasteiger partial charge in [0.15, 0.2) is 0 Å². The standard InChI is InChI=1S/C15H20N2O2/c18-13-5-3-4-12(16-13)14(19)17-10-8-15(9-11-17)6-1-2-7-15/h3-5H,1-2,6-11H2,(H,16,18). The van der Waals surface area contributed by atoms with Crippen molar-refractivity contribution in [2.75, 3.05) is 13.1 Å². The second-order valence-corrected chi connectivity index (χ2v) is 5.93. The smallest absolute Gasteiger partial charge is 0.270 e. The zero-order valence-electron chi connectivity index (χ0n) is 11.2. The lowest BCUT2D eigenvalue weighted by Crippen LogP contribution is -2.42. The Labute approximate surface area is 112 Å². The Balaban J connectivity index is 1.68. The van der Waals surface area contributed by atoms with Gasteiger partial charge in [0.05, 0.1) is 0 Å². The lowest BCUT2D eigenvalue weighted by atomic mass is 9.77. The SMILES string of the molecule is O=C(c1cccc(=O)[nH]1)N1CCC2(CCCC2)CC1. The quantitative estimate of drug-likeness (QED) is 0.841. The first-order chi connectivity index (χ1) is 9.19. The molecular formula is C15H20N2O2. The third-order valence-corrected chi connectivity index (χ3v) is 4.77. The number of aromatic nitrogens is 1. The van der Waals surface area contributed by atoms with Crippen molar-refractivity contribution >= 4 is 5.91 Å². The van der Waals surface area contributed by atoms with Crippen molar-refractivity contribution in [3.8, 4) is 0 Å². The van der Waals surface area contributed by atoms with E-state index in [0.29, 0.717) is 11.1 Å². The van der Waals surface area contributed by atoms with Crippen LogP contribution in [-0.4, -0.2) is 28.9 Å². The summed E-state index contributed by atoms with van der Waals surface area (Å²) >= 11 is 0.